The van der Waals surface area contributed by atoms with Gasteiger partial charge in [0, 0.05) is 58.8 Å². The van der Waals surface area contributed by atoms with E-state index in [0.29, 0.717) is 30.8 Å². The Bertz CT molecular complexity index is 2010. The maximum absolute atomic E-state index is 13.6. The molecule has 1 aliphatic heterocycles. The van der Waals surface area contributed by atoms with Crippen molar-refractivity contribution in [3.63, 3.8) is 0 Å². The summed E-state index contributed by atoms with van der Waals surface area (Å²) in [5.41, 5.74) is 6.37. The van der Waals surface area contributed by atoms with Gasteiger partial charge in [-0.25, -0.2) is 4.98 Å². The maximum Gasteiger partial charge on any atom is 0.261 e. The van der Waals surface area contributed by atoms with Crippen LogP contribution in [0.25, 0.3) is 53.6 Å². The van der Waals surface area contributed by atoms with Gasteiger partial charge in [-0.3, -0.25) is 14.5 Å². The molecule has 0 unspecified atom stereocenters. The van der Waals surface area contributed by atoms with Crippen molar-refractivity contribution in [2.24, 2.45) is 0 Å². The number of fused-ring (bicyclic) bond motifs is 2. The number of hydrogen-bond acceptors (Lipinski definition) is 5. The number of carbonyl (C=O) groups excluding carboxylic acids is 2. The van der Waals surface area contributed by atoms with E-state index in [9.17, 15) is 9.59 Å². The van der Waals surface area contributed by atoms with Crippen molar-refractivity contribution in [3.05, 3.63) is 103 Å². The number of carbonyl (C=O) groups is 2. The Balaban J connectivity index is 1.35. The van der Waals surface area contributed by atoms with Crippen LogP contribution in [-0.4, -0.2) is 57.3 Å². The molecule has 0 spiro atoms. The summed E-state index contributed by atoms with van der Waals surface area (Å²) in [6.45, 7) is 11.6. The van der Waals surface area contributed by atoms with Crippen molar-refractivity contribution >= 4 is 55.0 Å². The van der Waals surface area contributed by atoms with E-state index in [1.165, 1.54) is 4.90 Å². The molecule has 6 nitrogen and oxygen atoms in total. The minimum Gasteiger partial charge on any atom is -0.343 e. The quantitative estimate of drug-likeness (QED) is 0.128. The van der Waals surface area contributed by atoms with Crippen LogP contribution in [0.3, 0.4) is 0 Å². The molecule has 0 saturated heterocycles. The van der Waals surface area contributed by atoms with Gasteiger partial charge in [0.15, 0.2) is 0 Å². The van der Waals surface area contributed by atoms with Crippen LogP contribution in [-0.2, 0) is 6.54 Å². The van der Waals surface area contributed by atoms with Crippen molar-refractivity contribution in [2.45, 2.75) is 20.4 Å². The Morgan fingerprint density at radius 2 is 1.63 bits per heavy atom. The average Bonchev–Trinajstić information content (AvgIpc) is 3.63. The number of amides is 2. The molecule has 0 atom stereocenters. The maximum atomic E-state index is 13.6. The van der Waals surface area contributed by atoms with Gasteiger partial charge in [-0.05, 0) is 66.0 Å². The molecule has 3 heterocycles. The van der Waals surface area contributed by atoms with Gasteiger partial charge >= 0.3 is 0 Å². The van der Waals surface area contributed by atoms with Gasteiger partial charge < -0.3 is 9.47 Å². The minimum atomic E-state index is -0.220. The van der Waals surface area contributed by atoms with E-state index in [0.717, 1.165) is 66.7 Å². The number of benzene rings is 4. The molecule has 43 heavy (non-hydrogen) atoms. The van der Waals surface area contributed by atoms with Gasteiger partial charge in [-0.2, -0.15) is 0 Å². The fraction of sp³-hybridized carbons (Fsp3) is 0.194. The number of thiazole rings is 1. The molecule has 1 aliphatic rings. The summed E-state index contributed by atoms with van der Waals surface area (Å²) in [5.74, 6) is -0.440. The molecule has 6 aromatic rings. The van der Waals surface area contributed by atoms with E-state index < -0.39 is 0 Å². The lowest BCUT2D eigenvalue weighted by Crippen LogP contribution is -2.44. The number of allylic oxidation sites excluding steroid dienone is 1. The molecule has 0 bridgehead atoms. The summed E-state index contributed by atoms with van der Waals surface area (Å²) in [5, 5.41) is 3.73. The van der Waals surface area contributed by atoms with E-state index in [-0.39, 0.29) is 11.8 Å². The van der Waals surface area contributed by atoms with Crippen LogP contribution in [0.2, 0.25) is 0 Å². The Morgan fingerprint density at radius 1 is 0.860 bits per heavy atom. The van der Waals surface area contributed by atoms with Gasteiger partial charge in [0.05, 0.1) is 10.2 Å². The lowest BCUT2D eigenvalue weighted by atomic mass is 9.89. The van der Waals surface area contributed by atoms with Gasteiger partial charge in [0.25, 0.3) is 11.8 Å². The number of rotatable bonds is 9. The summed E-state index contributed by atoms with van der Waals surface area (Å²) in [6.07, 6.45) is 4.07. The van der Waals surface area contributed by atoms with Crippen LogP contribution in [0.4, 0.5) is 0 Å². The van der Waals surface area contributed by atoms with Crippen LogP contribution in [0.5, 0.6) is 0 Å². The first kappa shape index (κ1) is 27.3. The zero-order chi connectivity index (χ0) is 29.7. The third-order valence-corrected chi connectivity index (χ3v) is 9.64. The highest BCUT2D eigenvalue weighted by Gasteiger charge is 2.33. The summed E-state index contributed by atoms with van der Waals surface area (Å²) in [6, 6.07) is 24.4. The molecule has 0 N–H and O–H groups in total. The van der Waals surface area contributed by atoms with Crippen LogP contribution < -0.4 is 0 Å². The first-order chi connectivity index (χ1) is 21.0. The first-order valence-corrected chi connectivity index (χ1v) is 15.6. The highest BCUT2D eigenvalue weighted by atomic mass is 32.1. The largest absolute Gasteiger partial charge is 0.343 e. The second kappa shape index (κ2) is 10.9. The second-order valence-electron chi connectivity index (χ2n) is 10.9. The predicted octanol–water partition coefficient (Wildman–Crippen LogP) is 7.86. The SMILES string of the molecule is C=CCn1cc(-c2nc3ccccc3s2)c2cc(-c3ccc4c5c(cccc35)C(=O)N(CCN(CC)CC)C4=O)ccc21. The minimum absolute atomic E-state index is 0.220. The third kappa shape index (κ3) is 4.47. The van der Waals surface area contributed by atoms with Crippen LogP contribution in [0.15, 0.2) is 91.6 Å². The van der Waals surface area contributed by atoms with Crippen molar-refractivity contribution < 1.29 is 9.59 Å². The number of hydrogen-bond donors (Lipinski definition) is 0. The molecule has 7 heteroatoms. The van der Waals surface area contributed by atoms with Gasteiger partial charge in [0.2, 0.25) is 0 Å². The predicted molar refractivity (Wildman–Crippen MR) is 177 cm³/mol. The smallest absolute Gasteiger partial charge is 0.261 e. The number of para-hydroxylation sites is 1. The van der Waals surface area contributed by atoms with Crippen molar-refractivity contribution in [3.8, 4) is 21.7 Å². The van der Waals surface area contributed by atoms with Crippen molar-refractivity contribution in [1.82, 2.24) is 19.4 Å². The van der Waals surface area contributed by atoms with E-state index >= 15 is 0 Å². The first-order valence-electron chi connectivity index (χ1n) is 14.8. The summed E-state index contributed by atoms with van der Waals surface area (Å²) in [7, 11) is 0. The third-order valence-electron chi connectivity index (χ3n) is 8.57. The number of imide groups is 1. The van der Waals surface area contributed by atoms with Crippen LogP contribution >= 0.6 is 11.3 Å². The second-order valence-corrected chi connectivity index (χ2v) is 11.9. The van der Waals surface area contributed by atoms with E-state index in [4.69, 9.17) is 4.98 Å². The summed E-state index contributed by atoms with van der Waals surface area (Å²) >= 11 is 1.69. The van der Waals surface area contributed by atoms with Crippen LogP contribution in [0, 0.1) is 0 Å². The molecular formula is C36H32N4O2S. The number of nitrogens with zero attached hydrogens (tertiary/aromatic N) is 4. The fourth-order valence-electron chi connectivity index (χ4n) is 6.29. The Hall–Kier alpha value is -4.59. The Kier molecular flexibility index (Phi) is 6.92. The molecule has 2 aromatic heterocycles. The fourth-order valence-corrected chi connectivity index (χ4v) is 7.28. The monoisotopic (exact) mass is 584 g/mol. The molecular weight excluding hydrogens is 552 g/mol. The van der Waals surface area contributed by atoms with E-state index in [2.05, 4.69) is 60.4 Å². The zero-order valence-electron chi connectivity index (χ0n) is 24.3. The van der Waals surface area contributed by atoms with Gasteiger partial charge in [-0.1, -0.05) is 56.3 Å². The van der Waals surface area contributed by atoms with Gasteiger partial charge in [0.1, 0.15) is 5.01 Å². The summed E-state index contributed by atoms with van der Waals surface area (Å²) in [4.78, 5) is 35.9. The van der Waals surface area contributed by atoms with Crippen molar-refractivity contribution in [2.75, 3.05) is 26.2 Å². The number of likely N-dealkylation sites (N-methyl/N-ethyl adjacent to an activating group) is 1. The molecule has 2 amide bonds. The molecule has 0 aliphatic carbocycles. The highest BCUT2D eigenvalue weighted by Crippen LogP contribution is 2.40. The molecule has 0 radical (unpaired) electrons. The van der Waals surface area contributed by atoms with Gasteiger partial charge in [-0.15, -0.1) is 17.9 Å². The lowest BCUT2D eigenvalue weighted by molar-refractivity contribution is 0.0594. The summed E-state index contributed by atoms with van der Waals surface area (Å²) < 4.78 is 3.36. The standard InChI is InChI=1S/C36H32N4O2S/c1-4-18-39-22-29(34-37-30-12-7-8-13-32(30)43-34)28-21-23(14-17-31(28)39)24-15-16-27-33-25(24)10-9-11-26(33)35(41)40(36(27)42)20-19-38(5-2)6-3/h4,7-17,21-22H,1,5-6,18-20H2,2-3H3. The Labute approximate surface area is 254 Å². The zero-order valence-corrected chi connectivity index (χ0v) is 25.2. The Morgan fingerprint density at radius 3 is 2.40 bits per heavy atom. The lowest BCUT2D eigenvalue weighted by Gasteiger charge is -2.29. The molecule has 7 rings (SSSR count). The topological polar surface area (TPSA) is 58.4 Å². The van der Waals surface area contributed by atoms with Crippen LogP contribution in [0.1, 0.15) is 34.6 Å². The average molecular weight is 585 g/mol. The molecule has 0 saturated carbocycles. The molecule has 0 fully saturated rings. The normalized spacial score (nSPS) is 13.2. The number of aromatic nitrogens is 2. The van der Waals surface area contributed by atoms with E-state index in [1.807, 2.05) is 54.6 Å². The van der Waals surface area contributed by atoms with Crippen molar-refractivity contribution in [1.29, 1.82) is 0 Å². The molecule has 4 aromatic carbocycles. The van der Waals surface area contributed by atoms with E-state index in [1.54, 1.807) is 11.3 Å². The molecule has 214 valence electrons. The highest BCUT2D eigenvalue weighted by molar-refractivity contribution is 7.21.